The van der Waals surface area contributed by atoms with E-state index in [1.165, 1.54) is 11.3 Å². The molecule has 29 heavy (non-hydrogen) atoms. The molecule has 2 aromatic heterocycles. The fourth-order valence-electron chi connectivity index (χ4n) is 2.66. The van der Waals surface area contributed by atoms with Crippen LogP contribution in [0.15, 0.2) is 34.1 Å². The van der Waals surface area contributed by atoms with Crippen molar-refractivity contribution in [3.63, 3.8) is 0 Å². The molecule has 0 aliphatic heterocycles. The first-order chi connectivity index (χ1) is 13.9. The second kappa shape index (κ2) is 8.78. The standard InChI is InChI=1S/C20H20N2O6S/c1-11-7-14(12(2)28-11)19(24)27-9-18(23)22-20-21-15(10-29-20)13-5-6-16(25-3)17(8-13)26-4/h5-8,10H,9H2,1-4H3,(H,21,22,23). The van der Waals surface area contributed by atoms with E-state index in [-0.39, 0.29) is 0 Å². The summed E-state index contributed by atoms with van der Waals surface area (Å²) in [5.41, 5.74) is 1.80. The zero-order valence-electron chi connectivity index (χ0n) is 16.4. The van der Waals surface area contributed by atoms with Crippen LogP contribution in [0.1, 0.15) is 21.9 Å². The highest BCUT2D eigenvalue weighted by Gasteiger charge is 2.17. The Bertz CT molecular complexity index is 1040. The predicted octanol–water partition coefficient (Wildman–Crippen LogP) is 3.83. The molecule has 0 atom stereocenters. The average Bonchev–Trinajstić information content (AvgIpc) is 3.31. The predicted molar refractivity (Wildman–Crippen MR) is 108 cm³/mol. The van der Waals surface area contributed by atoms with E-state index in [2.05, 4.69) is 10.3 Å². The van der Waals surface area contributed by atoms with Gasteiger partial charge < -0.3 is 18.6 Å². The SMILES string of the molecule is COc1ccc(-c2csc(NC(=O)COC(=O)c3cc(C)oc3C)n2)cc1OC. The third-order valence-electron chi connectivity index (χ3n) is 4.03. The van der Waals surface area contributed by atoms with Gasteiger partial charge in [0, 0.05) is 10.9 Å². The highest BCUT2D eigenvalue weighted by Crippen LogP contribution is 2.33. The van der Waals surface area contributed by atoms with Crippen LogP contribution in [0.2, 0.25) is 0 Å². The molecule has 0 fully saturated rings. The number of hydrogen-bond donors (Lipinski definition) is 1. The van der Waals surface area contributed by atoms with Gasteiger partial charge in [0.25, 0.3) is 5.91 Å². The number of thiazole rings is 1. The average molecular weight is 416 g/mol. The molecule has 0 aliphatic rings. The first-order valence-corrected chi connectivity index (χ1v) is 9.51. The molecule has 1 amide bonds. The Kier molecular flexibility index (Phi) is 6.18. The second-order valence-electron chi connectivity index (χ2n) is 6.06. The number of furan rings is 1. The highest BCUT2D eigenvalue weighted by molar-refractivity contribution is 7.14. The largest absolute Gasteiger partial charge is 0.493 e. The summed E-state index contributed by atoms with van der Waals surface area (Å²) in [5, 5.41) is 4.82. The van der Waals surface area contributed by atoms with E-state index in [9.17, 15) is 9.59 Å². The number of aryl methyl sites for hydroxylation is 2. The van der Waals surface area contributed by atoms with Crippen LogP contribution in [0, 0.1) is 13.8 Å². The molecule has 0 bridgehead atoms. The van der Waals surface area contributed by atoms with Crippen molar-refractivity contribution < 1.29 is 28.2 Å². The lowest BCUT2D eigenvalue weighted by molar-refractivity contribution is -0.119. The van der Waals surface area contributed by atoms with Crippen molar-refractivity contribution in [2.24, 2.45) is 0 Å². The Balaban J connectivity index is 1.60. The van der Waals surface area contributed by atoms with E-state index in [4.69, 9.17) is 18.6 Å². The molecule has 152 valence electrons. The summed E-state index contributed by atoms with van der Waals surface area (Å²) >= 11 is 1.26. The minimum absolute atomic E-state index is 0.306. The lowest BCUT2D eigenvalue weighted by atomic mass is 10.1. The molecule has 0 spiro atoms. The van der Waals surface area contributed by atoms with Gasteiger partial charge in [-0.2, -0.15) is 0 Å². The third-order valence-corrected chi connectivity index (χ3v) is 4.78. The van der Waals surface area contributed by atoms with Crippen molar-refractivity contribution in [2.45, 2.75) is 13.8 Å². The molecular weight excluding hydrogens is 396 g/mol. The fraction of sp³-hybridized carbons (Fsp3) is 0.250. The highest BCUT2D eigenvalue weighted by atomic mass is 32.1. The van der Waals surface area contributed by atoms with Gasteiger partial charge in [0.1, 0.15) is 17.1 Å². The van der Waals surface area contributed by atoms with Crippen LogP contribution >= 0.6 is 11.3 Å². The van der Waals surface area contributed by atoms with Crippen LogP contribution in [-0.2, 0) is 9.53 Å². The monoisotopic (exact) mass is 416 g/mol. The fourth-order valence-corrected chi connectivity index (χ4v) is 3.39. The van der Waals surface area contributed by atoms with Crippen molar-refractivity contribution in [1.29, 1.82) is 0 Å². The first kappa shape index (κ1) is 20.4. The second-order valence-corrected chi connectivity index (χ2v) is 6.92. The van der Waals surface area contributed by atoms with E-state index >= 15 is 0 Å². The van der Waals surface area contributed by atoms with Gasteiger partial charge in [0.2, 0.25) is 0 Å². The van der Waals surface area contributed by atoms with Crippen LogP contribution < -0.4 is 14.8 Å². The Morgan fingerprint density at radius 2 is 1.90 bits per heavy atom. The van der Waals surface area contributed by atoms with Gasteiger partial charge in [-0.05, 0) is 38.1 Å². The zero-order valence-corrected chi connectivity index (χ0v) is 17.2. The van der Waals surface area contributed by atoms with E-state index in [0.717, 1.165) is 5.56 Å². The Hall–Kier alpha value is -3.33. The summed E-state index contributed by atoms with van der Waals surface area (Å²) in [6.07, 6.45) is 0. The molecule has 1 aromatic carbocycles. The summed E-state index contributed by atoms with van der Waals surface area (Å²) in [6.45, 7) is 2.97. The molecule has 1 N–H and O–H groups in total. The number of methoxy groups -OCH3 is 2. The molecule has 3 rings (SSSR count). The summed E-state index contributed by atoms with van der Waals surface area (Å²) in [7, 11) is 3.12. The van der Waals surface area contributed by atoms with E-state index < -0.39 is 18.5 Å². The molecule has 3 aromatic rings. The van der Waals surface area contributed by atoms with Crippen LogP contribution in [0.3, 0.4) is 0 Å². The maximum Gasteiger partial charge on any atom is 0.342 e. The molecule has 0 radical (unpaired) electrons. The van der Waals surface area contributed by atoms with E-state index in [0.29, 0.717) is 39.4 Å². The number of rotatable bonds is 7. The maximum atomic E-state index is 12.1. The van der Waals surface area contributed by atoms with Crippen molar-refractivity contribution in [3.8, 4) is 22.8 Å². The maximum absolute atomic E-state index is 12.1. The van der Waals surface area contributed by atoms with Crippen molar-refractivity contribution in [1.82, 2.24) is 4.98 Å². The van der Waals surface area contributed by atoms with Crippen LogP contribution in [0.5, 0.6) is 11.5 Å². The number of carbonyl (C=O) groups excluding carboxylic acids is 2. The van der Waals surface area contributed by atoms with Gasteiger partial charge in [-0.1, -0.05) is 0 Å². The van der Waals surface area contributed by atoms with Gasteiger partial charge in [0.15, 0.2) is 23.2 Å². The summed E-state index contributed by atoms with van der Waals surface area (Å²) in [6, 6.07) is 7.01. The normalized spacial score (nSPS) is 10.5. The number of esters is 1. The van der Waals surface area contributed by atoms with E-state index in [1.54, 1.807) is 51.6 Å². The van der Waals surface area contributed by atoms with Crippen LogP contribution in [0.4, 0.5) is 5.13 Å². The number of aromatic nitrogens is 1. The number of ether oxygens (including phenoxy) is 3. The minimum Gasteiger partial charge on any atom is -0.493 e. The summed E-state index contributed by atoms with van der Waals surface area (Å²) in [5.74, 6) is 1.16. The summed E-state index contributed by atoms with van der Waals surface area (Å²) in [4.78, 5) is 28.5. The molecule has 9 heteroatoms. The molecule has 0 saturated carbocycles. The molecule has 0 aliphatic carbocycles. The Morgan fingerprint density at radius 3 is 2.55 bits per heavy atom. The number of nitrogens with one attached hydrogen (secondary N) is 1. The zero-order chi connectivity index (χ0) is 21.0. The topological polar surface area (TPSA) is 99.9 Å². The molecule has 8 nitrogen and oxygen atoms in total. The Labute approximate surface area is 171 Å². The third kappa shape index (κ3) is 4.75. The lowest BCUT2D eigenvalue weighted by Crippen LogP contribution is -2.20. The number of amides is 1. The molecule has 0 unspecified atom stereocenters. The van der Waals surface area contributed by atoms with E-state index in [1.807, 2.05) is 6.07 Å². The lowest BCUT2D eigenvalue weighted by Gasteiger charge is -2.08. The van der Waals surface area contributed by atoms with Crippen LogP contribution in [-0.4, -0.2) is 37.7 Å². The smallest absolute Gasteiger partial charge is 0.342 e. The van der Waals surface area contributed by atoms with Gasteiger partial charge in [-0.3, -0.25) is 10.1 Å². The van der Waals surface area contributed by atoms with Gasteiger partial charge in [-0.15, -0.1) is 11.3 Å². The van der Waals surface area contributed by atoms with Crippen molar-refractivity contribution >= 4 is 28.3 Å². The summed E-state index contributed by atoms with van der Waals surface area (Å²) < 4.78 is 20.8. The minimum atomic E-state index is -0.611. The molecule has 0 saturated heterocycles. The van der Waals surface area contributed by atoms with Gasteiger partial charge >= 0.3 is 5.97 Å². The first-order valence-electron chi connectivity index (χ1n) is 8.63. The number of hydrogen-bond acceptors (Lipinski definition) is 8. The number of benzene rings is 1. The van der Waals surface area contributed by atoms with Crippen molar-refractivity contribution in [3.05, 3.63) is 46.7 Å². The van der Waals surface area contributed by atoms with Crippen molar-refractivity contribution in [2.75, 3.05) is 26.1 Å². The number of anilines is 1. The quantitative estimate of drug-likeness (QED) is 0.584. The Morgan fingerprint density at radius 1 is 1.14 bits per heavy atom. The molecule has 2 heterocycles. The number of carbonyl (C=O) groups is 2. The van der Waals surface area contributed by atoms with Crippen LogP contribution in [0.25, 0.3) is 11.3 Å². The van der Waals surface area contributed by atoms with Gasteiger partial charge in [-0.25, -0.2) is 9.78 Å². The van der Waals surface area contributed by atoms with Gasteiger partial charge in [0.05, 0.1) is 19.9 Å². The molecular formula is C20H20N2O6S. The number of nitrogens with zero attached hydrogens (tertiary/aromatic N) is 1.